The molecule has 0 spiro atoms. The molecule has 1 radical (unpaired) electrons. The molecule has 0 bridgehead atoms. The van der Waals surface area contributed by atoms with E-state index in [1.165, 1.54) is 19.2 Å². The zero-order valence-corrected chi connectivity index (χ0v) is 14.9. The van der Waals surface area contributed by atoms with Crippen molar-refractivity contribution in [2.45, 2.75) is 23.1 Å². The molecule has 0 unspecified atom stereocenters. The topological polar surface area (TPSA) is 89.5 Å². The fraction of sp³-hybridized carbons (Fsp3) is 0.250. The van der Waals surface area contributed by atoms with E-state index in [4.69, 9.17) is 4.74 Å². The van der Waals surface area contributed by atoms with E-state index in [1.807, 2.05) is 0 Å². The van der Waals surface area contributed by atoms with Gasteiger partial charge in [0.15, 0.2) is 9.84 Å². The zero-order valence-electron chi connectivity index (χ0n) is 13.3. The van der Waals surface area contributed by atoms with Gasteiger partial charge in [-0.3, -0.25) is 4.72 Å². The highest BCUT2D eigenvalue weighted by Gasteiger charge is 2.23. The highest BCUT2D eigenvalue weighted by atomic mass is 32.2. The van der Waals surface area contributed by atoms with Crippen molar-refractivity contribution >= 4 is 25.5 Å². The molecule has 2 aromatic carbocycles. The number of rotatable bonds is 7. The summed E-state index contributed by atoms with van der Waals surface area (Å²) in [5, 5.41) is 0. The summed E-state index contributed by atoms with van der Waals surface area (Å²) < 4.78 is 57.1. The fourth-order valence-electron chi connectivity index (χ4n) is 2.10. The molecule has 0 aromatic heterocycles. The van der Waals surface area contributed by atoms with Gasteiger partial charge in [-0.2, -0.15) is 0 Å². The molecular formula is C16H18NO5S2. The summed E-state index contributed by atoms with van der Waals surface area (Å²) in [4.78, 5) is -0.290. The quantitative estimate of drug-likeness (QED) is 0.811. The fourth-order valence-corrected chi connectivity index (χ4v) is 4.75. The third kappa shape index (κ3) is 4.07. The second-order valence-corrected chi connectivity index (χ2v) is 8.77. The number of para-hydroxylation sites is 1. The van der Waals surface area contributed by atoms with E-state index in [0.29, 0.717) is 6.42 Å². The van der Waals surface area contributed by atoms with Crippen LogP contribution in [0.4, 0.5) is 5.69 Å². The van der Waals surface area contributed by atoms with Gasteiger partial charge >= 0.3 is 0 Å². The van der Waals surface area contributed by atoms with Gasteiger partial charge in [0.1, 0.15) is 10.6 Å². The molecule has 0 aliphatic heterocycles. The summed E-state index contributed by atoms with van der Waals surface area (Å²) in [6.45, 7) is 1.74. The number of sulfone groups is 1. The first-order chi connectivity index (χ1) is 11.3. The Hall–Kier alpha value is -2.06. The Morgan fingerprint density at radius 2 is 1.88 bits per heavy atom. The molecule has 8 heteroatoms. The Kier molecular flexibility index (Phi) is 5.51. The van der Waals surface area contributed by atoms with Crippen molar-refractivity contribution in [3.63, 3.8) is 0 Å². The molecule has 0 aliphatic rings. The largest absolute Gasteiger partial charge is 0.495 e. The van der Waals surface area contributed by atoms with E-state index in [1.54, 1.807) is 31.2 Å². The number of methoxy groups -OCH3 is 1. The minimum Gasteiger partial charge on any atom is -0.495 e. The Labute approximate surface area is 142 Å². The minimum atomic E-state index is -4.02. The lowest BCUT2D eigenvalue weighted by atomic mass is 10.3. The molecule has 2 aromatic rings. The molecule has 6 nitrogen and oxygen atoms in total. The summed E-state index contributed by atoms with van der Waals surface area (Å²) in [7, 11) is -6.25. The van der Waals surface area contributed by atoms with Crippen molar-refractivity contribution in [2.75, 3.05) is 17.6 Å². The predicted octanol–water partition coefficient (Wildman–Crippen LogP) is 2.48. The van der Waals surface area contributed by atoms with Gasteiger partial charge in [-0.1, -0.05) is 25.1 Å². The number of nitrogens with one attached hydrogen (secondary N) is 1. The van der Waals surface area contributed by atoms with Crippen LogP contribution in [0.2, 0.25) is 0 Å². The van der Waals surface area contributed by atoms with Gasteiger partial charge in [0.05, 0.1) is 23.4 Å². The molecule has 0 heterocycles. The summed E-state index contributed by atoms with van der Waals surface area (Å²) in [5.41, 5.74) is 0.251. The number of ether oxygens (including phenoxy) is 1. The smallest absolute Gasteiger partial charge is 0.265 e. The van der Waals surface area contributed by atoms with Gasteiger partial charge < -0.3 is 4.74 Å². The second kappa shape index (κ2) is 7.23. The van der Waals surface area contributed by atoms with Gasteiger partial charge in [-0.25, -0.2) is 16.8 Å². The van der Waals surface area contributed by atoms with Crippen LogP contribution in [0.1, 0.15) is 13.3 Å². The third-order valence-corrected chi connectivity index (χ3v) is 6.51. The van der Waals surface area contributed by atoms with Crippen LogP contribution in [0.3, 0.4) is 0 Å². The van der Waals surface area contributed by atoms with E-state index in [-0.39, 0.29) is 27.0 Å². The molecule has 0 saturated heterocycles. The number of hydrogen-bond donors (Lipinski definition) is 1. The van der Waals surface area contributed by atoms with Crippen LogP contribution in [-0.4, -0.2) is 29.7 Å². The molecule has 24 heavy (non-hydrogen) atoms. The molecule has 129 valence electrons. The number of sulfonamides is 1. The van der Waals surface area contributed by atoms with Crippen LogP contribution in [0, 0.1) is 6.07 Å². The standard InChI is InChI=1S/C16H18NO5S2/c1-3-11-23(18,19)14-9-10-15(22-2)16(12-14)24(20,21)17-13-7-5-4-6-8-13/h4-7,9-10,12,17H,3,11H2,1-2H3. The van der Waals surface area contributed by atoms with E-state index < -0.39 is 19.9 Å². The lowest BCUT2D eigenvalue weighted by Crippen LogP contribution is -2.15. The van der Waals surface area contributed by atoms with E-state index in [2.05, 4.69) is 10.8 Å². The highest BCUT2D eigenvalue weighted by molar-refractivity contribution is 7.93. The Morgan fingerprint density at radius 3 is 2.46 bits per heavy atom. The number of anilines is 1. The molecule has 0 saturated carbocycles. The van der Waals surface area contributed by atoms with Crippen molar-refractivity contribution < 1.29 is 21.6 Å². The molecule has 0 amide bonds. The first kappa shape index (κ1) is 18.3. The maximum atomic E-state index is 12.6. The van der Waals surface area contributed by atoms with Gasteiger partial charge in [0, 0.05) is 6.07 Å². The Balaban J connectivity index is 2.51. The van der Waals surface area contributed by atoms with Gasteiger partial charge in [0.25, 0.3) is 10.0 Å². The van der Waals surface area contributed by atoms with E-state index in [9.17, 15) is 16.8 Å². The second-order valence-electron chi connectivity index (χ2n) is 5.01. The monoisotopic (exact) mass is 368 g/mol. The lowest BCUT2D eigenvalue weighted by molar-refractivity contribution is 0.402. The van der Waals surface area contributed by atoms with Crippen LogP contribution in [-0.2, 0) is 19.9 Å². The van der Waals surface area contributed by atoms with E-state index >= 15 is 0 Å². The molecule has 0 fully saturated rings. The minimum absolute atomic E-state index is 0.0532. The van der Waals surface area contributed by atoms with Gasteiger partial charge in [-0.15, -0.1) is 0 Å². The lowest BCUT2D eigenvalue weighted by Gasteiger charge is -2.13. The van der Waals surface area contributed by atoms with Crippen molar-refractivity contribution in [3.05, 3.63) is 48.5 Å². The maximum absolute atomic E-state index is 12.6. The normalized spacial score (nSPS) is 11.9. The first-order valence-electron chi connectivity index (χ1n) is 7.20. The van der Waals surface area contributed by atoms with Crippen LogP contribution in [0.15, 0.2) is 52.3 Å². The van der Waals surface area contributed by atoms with Crippen molar-refractivity contribution in [1.82, 2.24) is 0 Å². The molecule has 0 atom stereocenters. The van der Waals surface area contributed by atoms with Crippen LogP contribution >= 0.6 is 0 Å². The number of benzene rings is 2. The van der Waals surface area contributed by atoms with Crippen LogP contribution in [0.5, 0.6) is 5.75 Å². The number of hydrogen-bond acceptors (Lipinski definition) is 5. The average Bonchev–Trinajstić information content (AvgIpc) is 2.54. The third-order valence-electron chi connectivity index (χ3n) is 3.21. The molecular weight excluding hydrogens is 350 g/mol. The Bertz CT molecular complexity index is 907. The zero-order chi connectivity index (χ0) is 17.8. The van der Waals surface area contributed by atoms with Crippen molar-refractivity contribution in [3.8, 4) is 5.75 Å². The van der Waals surface area contributed by atoms with Gasteiger partial charge in [-0.05, 0) is 30.7 Å². The van der Waals surface area contributed by atoms with Crippen molar-refractivity contribution in [2.24, 2.45) is 0 Å². The summed E-state index contributed by atoms with van der Waals surface area (Å²) >= 11 is 0. The molecule has 1 N–H and O–H groups in total. The maximum Gasteiger partial charge on any atom is 0.265 e. The van der Waals surface area contributed by atoms with Crippen LogP contribution in [0.25, 0.3) is 0 Å². The molecule has 2 rings (SSSR count). The highest BCUT2D eigenvalue weighted by Crippen LogP contribution is 2.29. The van der Waals surface area contributed by atoms with Crippen molar-refractivity contribution in [1.29, 1.82) is 0 Å². The summed E-state index contributed by atoms with van der Waals surface area (Å²) in [5.74, 6) is 0.00694. The van der Waals surface area contributed by atoms with E-state index in [0.717, 1.165) is 6.07 Å². The predicted molar refractivity (Wildman–Crippen MR) is 91.4 cm³/mol. The SMILES string of the molecule is CCCS(=O)(=O)c1ccc(OC)c(S(=O)(=O)Nc2[c]cccc2)c1. The van der Waals surface area contributed by atoms with Crippen LogP contribution < -0.4 is 9.46 Å². The Morgan fingerprint density at radius 1 is 1.12 bits per heavy atom. The molecule has 0 aliphatic carbocycles. The summed E-state index contributed by atoms with van der Waals surface area (Å²) in [6.07, 6.45) is 0.438. The summed E-state index contributed by atoms with van der Waals surface area (Å²) in [6, 6.07) is 13.0. The van der Waals surface area contributed by atoms with Gasteiger partial charge in [0.2, 0.25) is 0 Å². The average molecular weight is 368 g/mol. The first-order valence-corrected chi connectivity index (χ1v) is 10.3.